The molecule has 3 aromatic carbocycles. The second kappa shape index (κ2) is 10.6. The smallest absolute Gasteiger partial charge is 0.193 e. The molecule has 2 nitrogen and oxygen atoms in total. The average molecular weight is 442 g/mol. The molecule has 1 unspecified atom stereocenters. The van der Waals surface area contributed by atoms with Gasteiger partial charge in [-0.2, -0.15) is 0 Å². The van der Waals surface area contributed by atoms with E-state index in [1.165, 1.54) is 5.56 Å². The third-order valence-electron chi connectivity index (χ3n) is 4.32. The van der Waals surface area contributed by atoms with Gasteiger partial charge in [-0.15, -0.1) is 0 Å². The molecule has 0 saturated heterocycles. The Morgan fingerprint density at radius 3 is 1.59 bits per heavy atom. The molecule has 29 heavy (non-hydrogen) atoms. The fourth-order valence-corrected chi connectivity index (χ4v) is 5.64. The van der Waals surface area contributed by atoms with Crippen LogP contribution in [0, 0.1) is 0 Å². The lowest BCUT2D eigenvalue weighted by molar-refractivity contribution is 0.577. The minimum Gasteiger partial charge on any atom is -0.298 e. The van der Waals surface area contributed by atoms with E-state index in [1.807, 2.05) is 91.0 Å². The second-order valence-corrected chi connectivity index (χ2v) is 9.60. The van der Waals surface area contributed by atoms with E-state index in [-0.39, 0.29) is 0 Å². The van der Waals surface area contributed by atoms with Crippen molar-refractivity contribution in [3.05, 3.63) is 119 Å². The number of hydrogen-bond donors (Lipinski definition) is 1. The van der Waals surface area contributed by atoms with Crippen LogP contribution in [-0.4, -0.2) is 6.54 Å². The summed E-state index contributed by atoms with van der Waals surface area (Å²) < 4.78 is 13.7. The van der Waals surface area contributed by atoms with Gasteiger partial charge >= 0.3 is 0 Å². The van der Waals surface area contributed by atoms with Gasteiger partial charge < -0.3 is 0 Å². The van der Waals surface area contributed by atoms with Gasteiger partial charge in [-0.3, -0.25) is 9.65 Å². The van der Waals surface area contributed by atoms with E-state index >= 15 is 0 Å². The van der Waals surface area contributed by atoms with Gasteiger partial charge in [0, 0.05) is 18.2 Å². The van der Waals surface area contributed by atoms with Crippen LogP contribution in [-0.2, 0) is 11.0 Å². The Kier molecular flexibility index (Phi) is 7.91. The van der Waals surface area contributed by atoms with Crippen LogP contribution in [0.25, 0.3) is 10.1 Å². The maximum atomic E-state index is 13.7. The van der Waals surface area contributed by atoms with Crippen molar-refractivity contribution >= 4 is 40.6 Å². The van der Waals surface area contributed by atoms with Gasteiger partial charge in [0.05, 0.1) is 10.1 Å². The lowest BCUT2D eigenvalue weighted by atomic mass is 10.2. The topological polar surface area (TPSA) is 29.1 Å². The molecule has 0 spiro atoms. The lowest BCUT2D eigenvalue weighted by Crippen LogP contribution is -2.12. The minimum atomic E-state index is -3.14. The Morgan fingerprint density at radius 1 is 0.724 bits per heavy atom. The van der Waals surface area contributed by atoms with E-state index in [1.54, 1.807) is 11.6 Å². The number of benzene rings is 3. The first-order valence-corrected chi connectivity index (χ1v) is 11.9. The zero-order chi connectivity index (χ0) is 20.5. The van der Waals surface area contributed by atoms with Crippen LogP contribution in [0.15, 0.2) is 103 Å². The summed E-state index contributed by atoms with van der Waals surface area (Å²) in [7, 11) is -3.14. The maximum Gasteiger partial charge on any atom is 0.193 e. The van der Waals surface area contributed by atoms with Crippen molar-refractivity contribution in [2.75, 3.05) is 6.54 Å². The fraction of sp³-hybridized carbons (Fsp3) is 0.0833. The highest BCUT2D eigenvalue weighted by Crippen LogP contribution is 2.50. The zero-order valence-corrected chi connectivity index (χ0v) is 18.2. The van der Waals surface area contributed by atoms with Crippen molar-refractivity contribution in [3.8, 4) is 0 Å². The lowest BCUT2D eigenvalue weighted by Gasteiger charge is -2.15. The molecule has 0 heterocycles. The van der Waals surface area contributed by atoms with Gasteiger partial charge in [0.25, 0.3) is 0 Å². The molecule has 0 fully saturated rings. The van der Waals surface area contributed by atoms with Crippen LogP contribution >= 0.6 is 30.5 Å². The number of rotatable bonds is 8. The minimum absolute atomic E-state index is 0.426. The average Bonchev–Trinajstić information content (AvgIpc) is 2.75. The molecule has 0 aromatic heterocycles. The molecule has 0 aliphatic rings. The van der Waals surface area contributed by atoms with Crippen molar-refractivity contribution in [3.63, 3.8) is 0 Å². The molecule has 0 aliphatic heterocycles. The summed E-state index contributed by atoms with van der Waals surface area (Å²) >= 11 is 13.0. The Morgan fingerprint density at radius 2 is 1.14 bits per heavy atom. The van der Waals surface area contributed by atoms with Crippen molar-refractivity contribution in [2.24, 2.45) is 0 Å². The van der Waals surface area contributed by atoms with E-state index in [0.29, 0.717) is 16.6 Å². The largest absolute Gasteiger partial charge is 0.298 e. The van der Waals surface area contributed by atoms with Gasteiger partial charge in [-0.05, 0) is 23.1 Å². The molecule has 3 aromatic rings. The van der Waals surface area contributed by atoms with Gasteiger partial charge in [-0.1, -0.05) is 114 Å². The Balaban J connectivity index is 1.86. The third kappa shape index (κ3) is 6.73. The van der Waals surface area contributed by atoms with E-state index in [2.05, 4.69) is 5.09 Å². The quantitative estimate of drug-likeness (QED) is 0.365. The number of nitrogens with one attached hydrogen (secondary N) is 1. The van der Waals surface area contributed by atoms with Crippen LogP contribution in [0.2, 0.25) is 0 Å². The third-order valence-corrected chi connectivity index (χ3v) is 7.29. The second-order valence-electron chi connectivity index (χ2n) is 6.54. The first-order chi connectivity index (χ1) is 14.1. The Labute approximate surface area is 182 Å². The molecule has 0 amide bonds. The van der Waals surface area contributed by atoms with Crippen LogP contribution in [0.1, 0.15) is 16.7 Å². The molecule has 0 radical (unpaired) electrons. The molecular weight excluding hydrogens is 420 g/mol. The van der Waals surface area contributed by atoms with Gasteiger partial charge in [0.15, 0.2) is 7.29 Å². The molecule has 0 aliphatic carbocycles. The van der Waals surface area contributed by atoms with Crippen LogP contribution in [0.5, 0.6) is 0 Å². The normalized spacial score (nSPS) is 14.4. The highest BCUT2D eigenvalue weighted by Gasteiger charge is 2.18. The summed E-state index contributed by atoms with van der Waals surface area (Å²) in [5.74, 6) is 3.17. The number of halogens is 2. The summed E-state index contributed by atoms with van der Waals surface area (Å²) in [5, 5.41) is 4.03. The Bertz CT molecular complexity index is 959. The highest BCUT2D eigenvalue weighted by atomic mass is 35.5. The molecule has 5 heteroatoms. The fourth-order valence-electron chi connectivity index (χ4n) is 2.83. The van der Waals surface area contributed by atoms with Crippen LogP contribution in [0.3, 0.4) is 0 Å². The molecule has 0 bridgehead atoms. The highest BCUT2D eigenvalue weighted by molar-refractivity contribution is 7.68. The van der Waals surface area contributed by atoms with Crippen molar-refractivity contribution in [1.29, 1.82) is 0 Å². The summed E-state index contributed by atoms with van der Waals surface area (Å²) in [6.45, 7) is 0.534. The molecule has 0 saturated carbocycles. The van der Waals surface area contributed by atoms with Gasteiger partial charge in [-0.25, -0.2) is 0 Å². The first-order valence-electron chi connectivity index (χ1n) is 9.32. The zero-order valence-electron chi connectivity index (χ0n) is 15.8. The molecular formula is C24H22Cl2NOP. The van der Waals surface area contributed by atoms with E-state index < -0.39 is 7.29 Å². The first kappa shape index (κ1) is 21.6. The monoisotopic (exact) mass is 441 g/mol. The maximum absolute atomic E-state index is 13.7. The van der Waals surface area contributed by atoms with Crippen LogP contribution < -0.4 is 5.09 Å². The van der Waals surface area contributed by atoms with Gasteiger partial charge in [0.1, 0.15) is 0 Å². The van der Waals surface area contributed by atoms with Crippen molar-refractivity contribution in [1.82, 2.24) is 5.09 Å². The van der Waals surface area contributed by atoms with Crippen molar-refractivity contribution in [2.45, 2.75) is 6.42 Å². The summed E-state index contributed by atoms with van der Waals surface area (Å²) in [4.78, 5) is 0. The number of hydrogen-bond acceptors (Lipinski definition) is 1. The summed E-state index contributed by atoms with van der Waals surface area (Å²) in [6.07, 6.45) is 0.748. The molecule has 1 N–H and O–H groups in total. The van der Waals surface area contributed by atoms with E-state index in [4.69, 9.17) is 23.2 Å². The molecule has 1 atom stereocenters. The SMILES string of the molecule is O=P(C=C(Cl)c1ccccc1)(/C=C(/Cl)c1ccccc1)NCCc1ccccc1. The summed E-state index contributed by atoms with van der Waals surface area (Å²) in [5.41, 5.74) is 2.79. The van der Waals surface area contributed by atoms with Crippen LogP contribution in [0.4, 0.5) is 0 Å². The van der Waals surface area contributed by atoms with Crippen molar-refractivity contribution < 1.29 is 4.57 Å². The predicted octanol–water partition coefficient (Wildman–Crippen LogP) is 7.57. The molecule has 3 rings (SSSR count). The van der Waals surface area contributed by atoms with Gasteiger partial charge in [0.2, 0.25) is 0 Å². The van der Waals surface area contributed by atoms with E-state index in [9.17, 15) is 4.57 Å². The Hall–Kier alpha value is -2.09. The van der Waals surface area contributed by atoms with E-state index in [0.717, 1.165) is 17.5 Å². The standard InChI is InChI=1S/C24H22Cl2NOP/c25-23(21-12-6-2-7-13-21)18-29(28,19-24(26)22-14-8-3-9-15-22)27-17-16-20-10-4-1-5-11-20/h1-15,18-19H,16-17H2,(H,27,28)/b23-18+,24-19?. The molecule has 148 valence electrons. The predicted molar refractivity (Wildman–Crippen MR) is 126 cm³/mol. The summed E-state index contributed by atoms with van der Waals surface area (Å²) in [6, 6.07) is 29.0.